The van der Waals surface area contributed by atoms with Crippen LogP contribution in [0.2, 0.25) is 0 Å². The van der Waals surface area contributed by atoms with Crippen LogP contribution >= 0.6 is 0 Å². The van der Waals surface area contributed by atoms with Crippen molar-refractivity contribution in [1.82, 2.24) is 20.2 Å². The molecule has 1 atom stereocenters. The number of aliphatic hydroxyl groups is 1. The summed E-state index contributed by atoms with van der Waals surface area (Å²) < 4.78 is 5.29. The summed E-state index contributed by atoms with van der Waals surface area (Å²) in [5, 5.41) is 16.2. The van der Waals surface area contributed by atoms with E-state index >= 15 is 0 Å². The molecule has 0 bridgehead atoms. The van der Waals surface area contributed by atoms with E-state index < -0.39 is 6.10 Å². The minimum absolute atomic E-state index is 0.385. The molecule has 0 aliphatic rings. The van der Waals surface area contributed by atoms with Crippen molar-refractivity contribution in [2.24, 2.45) is 0 Å². The Balaban J connectivity index is 2.23. The quantitative estimate of drug-likeness (QED) is 0.791. The lowest BCUT2D eigenvalue weighted by atomic mass is 10.1. The standard InChI is InChI=1S/C10H12N4O2/c1-2-16-8-3-7(4-11-5-8)9(15)10-12-6-13-14-10/h3-6,9,15H,2H2,1H3,(H,12,13,14). The van der Waals surface area contributed by atoms with Gasteiger partial charge >= 0.3 is 0 Å². The molecule has 2 aromatic heterocycles. The monoisotopic (exact) mass is 220 g/mol. The second-order valence-electron chi connectivity index (χ2n) is 3.16. The summed E-state index contributed by atoms with van der Waals surface area (Å²) in [5.74, 6) is 1.01. The van der Waals surface area contributed by atoms with Crippen LogP contribution in [0.4, 0.5) is 0 Å². The Kier molecular flexibility index (Phi) is 3.11. The van der Waals surface area contributed by atoms with Crippen molar-refractivity contribution >= 4 is 0 Å². The summed E-state index contributed by atoms with van der Waals surface area (Å²) in [4.78, 5) is 7.87. The topological polar surface area (TPSA) is 83.9 Å². The third-order valence-electron chi connectivity index (χ3n) is 2.05. The summed E-state index contributed by atoms with van der Waals surface area (Å²) in [6.45, 7) is 2.45. The van der Waals surface area contributed by atoms with Crippen molar-refractivity contribution in [3.8, 4) is 5.75 Å². The normalized spacial score (nSPS) is 12.4. The number of pyridine rings is 1. The molecule has 0 saturated heterocycles. The van der Waals surface area contributed by atoms with Crippen LogP contribution in [0.1, 0.15) is 24.4 Å². The number of hydrogen-bond donors (Lipinski definition) is 2. The summed E-state index contributed by atoms with van der Waals surface area (Å²) >= 11 is 0. The zero-order valence-electron chi connectivity index (χ0n) is 8.79. The molecule has 0 aromatic carbocycles. The van der Waals surface area contributed by atoms with E-state index in [1.54, 1.807) is 18.5 Å². The first-order valence-electron chi connectivity index (χ1n) is 4.92. The maximum atomic E-state index is 9.94. The van der Waals surface area contributed by atoms with E-state index in [1.165, 1.54) is 6.33 Å². The molecular weight excluding hydrogens is 208 g/mol. The summed E-state index contributed by atoms with van der Waals surface area (Å²) in [6, 6.07) is 1.73. The number of nitrogens with one attached hydrogen (secondary N) is 1. The molecule has 2 N–H and O–H groups in total. The van der Waals surface area contributed by atoms with E-state index in [-0.39, 0.29) is 0 Å². The van der Waals surface area contributed by atoms with Gasteiger partial charge in [-0.15, -0.1) is 0 Å². The van der Waals surface area contributed by atoms with Crippen molar-refractivity contribution in [1.29, 1.82) is 0 Å². The van der Waals surface area contributed by atoms with Crippen LogP contribution in [0.15, 0.2) is 24.8 Å². The maximum absolute atomic E-state index is 9.94. The maximum Gasteiger partial charge on any atom is 0.157 e. The molecule has 0 spiro atoms. The zero-order valence-corrected chi connectivity index (χ0v) is 8.79. The highest BCUT2D eigenvalue weighted by Gasteiger charge is 2.14. The summed E-state index contributed by atoms with van der Waals surface area (Å²) in [6.07, 6.45) is 3.64. The molecule has 0 saturated carbocycles. The van der Waals surface area contributed by atoms with Crippen LogP contribution < -0.4 is 4.74 Å². The van der Waals surface area contributed by atoms with Crippen molar-refractivity contribution in [3.63, 3.8) is 0 Å². The number of aromatic nitrogens is 4. The molecule has 0 fully saturated rings. The van der Waals surface area contributed by atoms with Gasteiger partial charge in [0.15, 0.2) is 5.82 Å². The highest BCUT2D eigenvalue weighted by Crippen LogP contribution is 2.21. The number of ether oxygens (including phenoxy) is 1. The molecule has 2 rings (SSSR count). The van der Waals surface area contributed by atoms with Crippen molar-refractivity contribution in [2.75, 3.05) is 6.61 Å². The first-order chi connectivity index (χ1) is 7.81. The lowest BCUT2D eigenvalue weighted by molar-refractivity contribution is 0.209. The fraction of sp³-hybridized carbons (Fsp3) is 0.300. The van der Waals surface area contributed by atoms with Gasteiger partial charge in [0.25, 0.3) is 0 Å². The second kappa shape index (κ2) is 4.71. The SMILES string of the molecule is CCOc1cncc(C(O)c2ncn[nH]2)c1. The molecule has 2 aromatic rings. The fourth-order valence-corrected chi connectivity index (χ4v) is 1.34. The van der Waals surface area contributed by atoms with E-state index in [2.05, 4.69) is 20.2 Å². The summed E-state index contributed by atoms with van der Waals surface area (Å²) in [5.41, 5.74) is 0.614. The molecule has 2 heterocycles. The average molecular weight is 220 g/mol. The van der Waals surface area contributed by atoms with E-state index in [1.807, 2.05) is 6.92 Å². The van der Waals surface area contributed by atoms with Gasteiger partial charge in [0.2, 0.25) is 0 Å². The van der Waals surface area contributed by atoms with Crippen molar-refractivity contribution in [3.05, 3.63) is 36.2 Å². The first-order valence-corrected chi connectivity index (χ1v) is 4.92. The van der Waals surface area contributed by atoms with Gasteiger partial charge in [-0.1, -0.05) is 0 Å². The minimum Gasteiger partial charge on any atom is -0.492 e. The highest BCUT2D eigenvalue weighted by atomic mass is 16.5. The number of aromatic amines is 1. The highest BCUT2D eigenvalue weighted by molar-refractivity contribution is 5.27. The van der Waals surface area contributed by atoms with Crippen molar-refractivity contribution in [2.45, 2.75) is 13.0 Å². The molecule has 0 amide bonds. The van der Waals surface area contributed by atoms with Crippen LogP contribution in [0.3, 0.4) is 0 Å². The Labute approximate surface area is 92.3 Å². The molecule has 1 unspecified atom stereocenters. The number of nitrogens with zero attached hydrogens (tertiary/aromatic N) is 3. The predicted molar refractivity (Wildman–Crippen MR) is 55.9 cm³/mol. The fourth-order valence-electron chi connectivity index (χ4n) is 1.34. The van der Waals surface area contributed by atoms with Gasteiger partial charge in [0.05, 0.1) is 12.8 Å². The van der Waals surface area contributed by atoms with Crippen LogP contribution in [0, 0.1) is 0 Å². The smallest absolute Gasteiger partial charge is 0.157 e. The van der Waals surface area contributed by atoms with E-state index in [9.17, 15) is 5.11 Å². The third-order valence-corrected chi connectivity index (χ3v) is 2.05. The number of aliphatic hydroxyl groups excluding tert-OH is 1. The zero-order chi connectivity index (χ0) is 11.4. The molecule has 0 radical (unpaired) electrons. The number of H-pyrrole nitrogens is 1. The largest absolute Gasteiger partial charge is 0.492 e. The van der Waals surface area contributed by atoms with Crippen LogP contribution in [0.5, 0.6) is 5.75 Å². The summed E-state index contributed by atoms with van der Waals surface area (Å²) in [7, 11) is 0. The van der Waals surface area contributed by atoms with Crippen LogP contribution in [-0.4, -0.2) is 31.9 Å². The van der Waals surface area contributed by atoms with E-state index in [4.69, 9.17) is 4.74 Å². The number of rotatable bonds is 4. The van der Waals surface area contributed by atoms with Gasteiger partial charge < -0.3 is 9.84 Å². The minimum atomic E-state index is -0.865. The Morgan fingerprint density at radius 1 is 1.50 bits per heavy atom. The van der Waals surface area contributed by atoms with Crippen molar-refractivity contribution < 1.29 is 9.84 Å². The van der Waals surface area contributed by atoms with E-state index in [0.717, 1.165) is 0 Å². The van der Waals surface area contributed by atoms with Gasteiger partial charge in [0, 0.05) is 11.8 Å². The van der Waals surface area contributed by atoms with Crippen LogP contribution in [0.25, 0.3) is 0 Å². The van der Waals surface area contributed by atoms with Gasteiger partial charge in [-0.05, 0) is 13.0 Å². The Hall–Kier alpha value is -1.95. The average Bonchev–Trinajstić information content (AvgIpc) is 2.82. The van der Waals surface area contributed by atoms with Gasteiger partial charge in [-0.2, -0.15) is 5.10 Å². The van der Waals surface area contributed by atoms with E-state index in [0.29, 0.717) is 23.7 Å². The first kappa shape index (κ1) is 10.6. The van der Waals surface area contributed by atoms with Gasteiger partial charge in [-0.3, -0.25) is 10.1 Å². The van der Waals surface area contributed by atoms with Gasteiger partial charge in [0.1, 0.15) is 18.2 Å². The predicted octanol–water partition coefficient (Wildman–Crippen LogP) is 0.680. The molecule has 16 heavy (non-hydrogen) atoms. The molecule has 6 nitrogen and oxygen atoms in total. The lowest BCUT2D eigenvalue weighted by Crippen LogP contribution is -2.03. The third kappa shape index (κ3) is 2.17. The Morgan fingerprint density at radius 3 is 3.06 bits per heavy atom. The van der Waals surface area contributed by atoms with Gasteiger partial charge in [-0.25, -0.2) is 4.98 Å². The Bertz CT molecular complexity index is 444. The van der Waals surface area contributed by atoms with Crippen LogP contribution in [-0.2, 0) is 0 Å². The molecule has 0 aliphatic heterocycles. The Morgan fingerprint density at radius 2 is 2.38 bits per heavy atom. The molecule has 6 heteroatoms. The molecular formula is C10H12N4O2. The second-order valence-corrected chi connectivity index (χ2v) is 3.16. The molecule has 0 aliphatic carbocycles. The lowest BCUT2D eigenvalue weighted by Gasteiger charge is -2.09. The number of hydrogen-bond acceptors (Lipinski definition) is 5. The molecule has 84 valence electrons.